The summed E-state index contributed by atoms with van der Waals surface area (Å²) in [6, 6.07) is -0.445. The number of carbonyl (C=O) groups is 1. The molecule has 1 N–H and O–H groups in total. The summed E-state index contributed by atoms with van der Waals surface area (Å²) in [6.45, 7) is 7.03. The number of hydrogen-bond acceptors (Lipinski definition) is 3. The van der Waals surface area contributed by atoms with Crippen molar-refractivity contribution in [2.45, 2.75) is 45.6 Å². The number of carboxylic acid groups (broad SMARTS) is 1. The van der Waals surface area contributed by atoms with Gasteiger partial charge in [-0.1, -0.05) is 33.1 Å². The quantitative estimate of drug-likeness (QED) is 0.743. The van der Waals surface area contributed by atoms with Crippen LogP contribution in [0.15, 0.2) is 0 Å². The van der Waals surface area contributed by atoms with Gasteiger partial charge in [-0.3, -0.25) is 9.69 Å². The first-order valence-corrected chi connectivity index (χ1v) is 6.73. The molecule has 0 aliphatic carbocycles. The molecule has 0 radical (unpaired) electrons. The van der Waals surface area contributed by atoms with Crippen molar-refractivity contribution < 1.29 is 14.6 Å². The van der Waals surface area contributed by atoms with Crippen LogP contribution < -0.4 is 0 Å². The van der Waals surface area contributed by atoms with Crippen LogP contribution in [-0.4, -0.2) is 48.3 Å². The lowest BCUT2D eigenvalue weighted by Gasteiger charge is -2.35. The highest BCUT2D eigenvalue weighted by molar-refractivity contribution is 5.73. The summed E-state index contributed by atoms with van der Waals surface area (Å²) in [5.41, 5.74) is 0. The number of aliphatic carboxylic acids is 1. The molecule has 1 saturated heterocycles. The third-order valence-corrected chi connectivity index (χ3v) is 3.56. The summed E-state index contributed by atoms with van der Waals surface area (Å²) < 4.78 is 5.25. The summed E-state index contributed by atoms with van der Waals surface area (Å²) in [6.07, 6.45) is 4.78. The minimum atomic E-state index is -0.755. The molecule has 0 aromatic heterocycles. The Bertz CT molecular complexity index is 233. The fourth-order valence-corrected chi connectivity index (χ4v) is 2.33. The zero-order valence-electron chi connectivity index (χ0n) is 11.0. The normalized spacial score (nSPS) is 23.5. The number of rotatable bonds is 7. The standard InChI is InChI=1S/C13H25NO3/c1-3-5-6-11(4-2)9-14-7-8-17-10-12(14)13(15)16/h11-12H,3-10H2,1-2H3,(H,15,16). The summed E-state index contributed by atoms with van der Waals surface area (Å²) in [5.74, 6) is -0.134. The van der Waals surface area contributed by atoms with E-state index in [4.69, 9.17) is 9.84 Å². The molecule has 100 valence electrons. The van der Waals surface area contributed by atoms with Crippen LogP contribution in [0.1, 0.15) is 39.5 Å². The lowest BCUT2D eigenvalue weighted by Crippen LogP contribution is -2.51. The SMILES string of the molecule is CCCCC(CC)CN1CCOCC1C(=O)O. The minimum absolute atomic E-state index is 0.333. The number of morpholine rings is 1. The van der Waals surface area contributed by atoms with E-state index in [-0.39, 0.29) is 0 Å². The fraction of sp³-hybridized carbons (Fsp3) is 0.923. The summed E-state index contributed by atoms with van der Waals surface area (Å²) in [4.78, 5) is 13.2. The highest BCUT2D eigenvalue weighted by Crippen LogP contribution is 2.17. The Morgan fingerprint density at radius 3 is 2.88 bits per heavy atom. The number of hydrogen-bond donors (Lipinski definition) is 1. The van der Waals surface area contributed by atoms with Crippen molar-refractivity contribution in [1.82, 2.24) is 4.90 Å². The highest BCUT2D eigenvalue weighted by atomic mass is 16.5. The van der Waals surface area contributed by atoms with Gasteiger partial charge < -0.3 is 9.84 Å². The van der Waals surface area contributed by atoms with Gasteiger partial charge in [-0.2, -0.15) is 0 Å². The van der Waals surface area contributed by atoms with E-state index in [9.17, 15) is 4.79 Å². The maximum absolute atomic E-state index is 11.1. The Morgan fingerprint density at radius 2 is 2.29 bits per heavy atom. The summed E-state index contributed by atoms with van der Waals surface area (Å²) >= 11 is 0. The van der Waals surface area contributed by atoms with Crippen LogP contribution in [0.2, 0.25) is 0 Å². The van der Waals surface area contributed by atoms with Gasteiger partial charge in [0.25, 0.3) is 0 Å². The Kier molecular flexibility index (Phi) is 6.52. The molecular formula is C13H25NO3. The van der Waals surface area contributed by atoms with Crippen LogP contribution >= 0.6 is 0 Å². The van der Waals surface area contributed by atoms with Crippen molar-refractivity contribution in [2.75, 3.05) is 26.3 Å². The molecule has 1 heterocycles. The third kappa shape index (κ3) is 4.64. The molecule has 0 aromatic carbocycles. The summed E-state index contributed by atoms with van der Waals surface area (Å²) in [7, 11) is 0. The second kappa shape index (κ2) is 7.67. The van der Waals surface area contributed by atoms with Gasteiger partial charge in [0.1, 0.15) is 6.04 Å². The van der Waals surface area contributed by atoms with Crippen LogP contribution in [0.25, 0.3) is 0 Å². The van der Waals surface area contributed by atoms with Gasteiger partial charge in [0.15, 0.2) is 0 Å². The van der Waals surface area contributed by atoms with E-state index < -0.39 is 12.0 Å². The molecule has 0 saturated carbocycles. The molecule has 1 rings (SSSR count). The molecule has 0 spiro atoms. The molecule has 0 bridgehead atoms. The monoisotopic (exact) mass is 243 g/mol. The Hall–Kier alpha value is -0.610. The van der Waals surface area contributed by atoms with Crippen LogP contribution in [0.4, 0.5) is 0 Å². The smallest absolute Gasteiger partial charge is 0.323 e. The molecule has 1 fully saturated rings. The number of ether oxygens (including phenoxy) is 1. The minimum Gasteiger partial charge on any atom is -0.480 e. The van der Waals surface area contributed by atoms with Gasteiger partial charge in [0, 0.05) is 13.1 Å². The molecule has 2 unspecified atom stereocenters. The van der Waals surface area contributed by atoms with Gasteiger partial charge in [0.05, 0.1) is 13.2 Å². The molecule has 0 aromatic rings. The van der Waals surface area contributed by atoms with Crippen molar-refractivity contribution >= 4 is 5.97 Å². The van der Waals surface area contributed by atoms with Gasteiger partial charge >= 0.3 is 5.97 Å². The maximum Gasteiger partial charge on any atom is 0.323 e. The Labute approximate surface area is 104 Å². The van der Waals surface area contributed by atoms with E-state index in [0.29, 0.717) is 19.1 Å². The highest BCUT2D eigenvalue weighted by Gasteiger charge is 2.30. The van der Waals surface area contributed by atoms with E-state index in [1.54, 1.807) is 0 Å². The van der Waals surface area contributed by atoms with Gasteiger partial charge in [0.2, 0.25) is 0 Å². The predicted octanol–water partition coefficient (Wildman–Crippen LogP) is 1.99. The van der Waals surface area contributed by atoms with Crippen LogP contribution in [0, 0.1) is 5.92 Å². The Balaban J connectivity index is 2.47. The lowest BCUT2D eigenvalue weighted by molar-refractivity contribution is -0.150. The third-order valence-electron chi connectivity index (χ3n) is 3.56. The Morgan fingerprint density at radius 1 is 1.53 bits per heavy atom. The molecule has 1 aliphatic heterocycles. The second-order valence-electron chi connectivity index (χ2n) is 4.84. The number of nitrogens with zero attached hydrogens (tertiary/aromatic N) is 1. The largest absolute Gasteiger partial charge is 0.480 e. The first kappa shape index (κ1) is 14.5. The van der Waals surface area contributed by atoms with E-state index in [1.165, 1.54) is 19.3 Å². The lowest BCUT2D eigenvalue weighted by atomic mass is 9.98. The van der Waals surface area contributed by atoms with E-state index in [1.807, 2.05) is 0 Å². The van der Waals surface area contributed by atoms with Crippen molar-refractivity contribution in [3.8, 4) is 0 Å². The zero-order chi connectivity index (χ0) is 12.7. The van der Waals surface area contributed by atoms with E-state index in [0.717, 1.165) is 19.5 Å². The topological polar surface area (TPSA) is 49.8 Å². The van der Waals surface area contributed by atoms with Crippen molar-refractivity contribution in [3.05, 3.63) is 0 Å². The molecule has 2 atom stereocenters. The molecule has 17 heavy (non-hydrogen) atoms. The molecule has 1 aliphatic rings. The maximum atomic E-state index is 11.1. The van der Waals surface area contributed by atoms with Gasteiger partial charge in [-0.25, -0.2) is 0 Å². The second-order valence-corrected chi connectivity index (χ2v) is 4.84. The van der Waals surface area contributed by atoms with Crippen molar-refractivity contribution in [1.29, 1.82) is 0 Å². The van der Waals surface area contributed by atoms with E-state index >= 15 is 0 Å². The average molecular weight is 243 g/mol. The first-order valence-electron chi connectivity index (χ1n) is 6.73. The van der Waals surface area contributed by atoms with Gasteiger partial charge in [-0.05, 0) is 12.3 Å². The van der Waals surface area contributed by atoms with Crippen LogP contribution in [0.5, 0.6) is 0 Å². The molecular weight excluding hydrogens is 218 g/mol. The first-order chi connectivity index (χ1) is 8.19. The molecule has 0 amide bonds. The predicted molar refractivity (Wildman–Crippen MR) is 67.1 cm³/mol. The number of unbranched alkanes of at least 4 members (excludes halogenated alkanes) is 1. The van der Waals surface area contributed by atoms with Crippen LogP contribution in [0.3, 0.4) is 0 Å². The number of carboxylic acids is 1. The van der Waals surface area contributed by atoms with Crippen molar-refractivity contribution in [3.63, 3.8) is 0 Å². The van der Waals surface area contributed by atoms with Crippen molar-refractivity contribution in [2.24, 2.45) is 5.92 Å². The van der Waals surface area contributed by atoms with Crippen LogP contribution in [-0.2, 0) is 9.53 Å². The van der Waals surface area contributed by atoms with E-state index in [2.05, 4.69) is 18.7 Å². The zero-order valence-corrected chi connectivity index (χ0v) is 11.0. The molecule has 4 heteroatoms. The summed E-state index contributed by atoms with van der Waals surface area (Å²) in [5, 5.41) is 9.15. The fourth-order valence-electron chi connectivity index (χ4n) is 2.33. The molecule has 4 nitrogen and oxygen atoms in total. The average Bonchev–Trinajstić information content (AvgIpc) is 2.34. The van der Waals surface area contributed by atoms with Gasteiger partial charge in [-0.15, -0.1) is 0 Å².